The molecule has 0 aliphatic rings. The van der Waals surface area contributed by atoms with Crippen LogP contribution >= 0.6 is 0 Å². The summed E-state index contributed by atoms with van der Waals surface area (Å²) in [6, 6.07) is 1.83. The highest BCUT2D eigenvalue weighted by Crippen LogP contribution is 2.09. The van der Waals surface area contributed by atoms with Crippen LogP contribution in [0.25, 0.3) is 0 Å². The van der Waals surface area contributed by atoms with Gasteiger partial charge in [-0.25, -0.2) is 4.98 Å². The molecule has 0 bridgehead atoms. The first-order valence-electron chi connectivity index (χ1n) is 5.66. The summed E-state index contributed by atoms with van der Waals surface area (Å²) in [4.78, 5) is 8.51. The lowest BCUT2D eigenvalue weighted by Gasteiger charge is -2.12. The first-order valence-corrected chi connectivity index (χ1v) is 5.66. The maximum absolute atomic E-state index is 9.51. The second-order valence-corrected chi connectivity index (χ2v) is 3.74. The van der Waals surface area contributed by atoms with E-state index < -0.39 is 6.10 Å². The molecular weight excluding hydrogens is 220 g/mol. The Morgan fingerprint density at radius 3 is 2.82 bits per heavy atom. The Bertz CT molecular complexity index is 346. The number of aryl methyl sites for hydroxylation is 1. The molecule has 0 saturated carbocycles. The normalized spacial score (nSPS) is 12.2. The molecule has 0 saturated heterocycles. The maximum atomic E-state index is 9.51. The molecule has 96 valence electrons. The standard InChI is InChI=1S/C11H20N4O2/c1-4-12-11-14-8(2)5-10(15-11)13-6-9(16)7-17-3/h5,9,16H,4,6-7H2,1-3H3,(H2,12,13,14,15). The fourth-order valence-corrected chi connectivity index (χ4v) is 1.37. The Balaban J connectivity index is 2.57. The van der Waals surface area contributed by atoms with E-state index in [1.54, 1.807) is 7.11 Å². The van der Waals surface area contributed by atoms with Crippen LogP contribution in [0.15, 0.2) is 6.07 Å². The number of nitrogens with zero attached hydrogens (tertiary/aromatic N) is 2. The van der Waals surface area contributed by atoms with Crippen LogP contribution in [0.3, 0.4) is 0 Å². The monoisotopic (exact) mass is 240 g/mol. The van der Waals surface area contributed by atoms with Gasteiger partial charge in [0.15, 0.2) is 0 Å². The number of aliphatic hydroxyl groups excluding tert-OH is 1. The molecule has 1 heterocycles. The van der Waals surface area contributed by atoms with Crippen molar-refractivity contribution in [2.24, 2.45) is 0 Å². The second kappa shape index (κ2) is 7.03. The summed E-state index contributed by atoms with van der Waals surface area (Å²) in [5, 5.41) is 15.6. The number of aliphatic hydroxyl groups is 1. The van der Waals surface area contributed by atoms with E-state index in [0.29, 0.717) is 24.9 Å². The fraction of sp³-hybridized carbons (Fsp3) is 0.636. The molecule has 1 rings (SSSR count). The minimum Gasteiger partial charge on any atom is -0.389 e. The first-order chi connectivity index (χ1) is 8.15. The SMILES string of the molecule is CCNc1nc(C)cc(NCC(O)COC)n1. The molecule has 0 aliphatic carbocycles. The van der Waals surface area contributed by atoms with Gasteiger partial charge in [0.2, 0.25) is 5.95 Å². The molecule has 3 N–H and O–H groups in total. The smallest absolute Gasteiger partial charge is 0.224 e. The molecule has 6 heteroatoms. The first kappa shape index (κ1) is 13.7. The molecule has 6 nitrogen and oxygen atoms in total. The summed E-state index contributed by atoms with van der Waals surface area (Å²) >= 11 is 0. The van der Waals surface area contributed by atoms with Crippen molar-refractivity contribution >= 4 is 11.8 Å². The maximum Gasteiger partial charge on any atom is 0.224 e. The molecule has 17 heavy (non-hydrogen) atoms. The summed E-state index contributed by atoms with van der Waals surface area (Å²) < 4.78 is 4.84. The lowest BCUT2D eigenvalue weighted by molar-refractivity contribution is 0.0727. The van der Waals surface area contributed by atoms with E-state index >= 15 is 0 Å². The van der Waals surface area contributed by atoms with E-state index in [1.165, 1.54) is 0 Å². The van der Waals surface area contributed by atoms with Crippen molar-refractivity contribution in [3.8, 4) is 0 Å². The van der Waals surface area contributed by atoms with Gasteiger partial charge in [0.25, 0.3) is 0 Å². The number of hydrogen-bond donors (Lipinski definition) is 3. The van der Waals surface area contributed by atoms with Gasteiger partial charge in [-0.3, -0.25) is 0 Å². The summed E-state index contributed by atoms with van der Waals surface area (Å²) in [7, 11) is 1.56. The molecule has 0 aromatic carbocycles. The van der Waals surface area contributed by atoms with Crippen LogP contribution in [0.2, 0.25) is 0 Å². The van der Waals surface area contributed by atoms with Crippen LogP contribution in [-0.4, -0.2) is 48.0 Å². The number of aromatic nitrogens is 2. The summed E-state index contributed by atoms with van der Waals surface area (Å²) in [6.07, 6.45) is -0.544. The number of ether oxygens (including phenoxy) is 1. The molecule has 1 aromatic heterocycles. The zero-order valence-corrected chi connectivity index (χ0v) is 10.5. The van der Waals surface area contributed by atoms with Crippen LogP contribution in [0.4, 0.5) is 11.8 Å². The molecule has 0 aliphatic heterocycles. The van der Waals surface area contributed by atoms with Gasteiger partial charge in [-0.15, -0.1) is 0 Å². The number of hydrogen-bond acceptors (Lipinski definition) is 6. The Morgan fingerprint density at radius 2 is 2.18 bits per heavy atom. The highest BCUT2D eigenvalue weighted by atomic mass is 16.5. The van der Waals surface area contributed by atoms with Gasteiger partial charge in [-0.05, 0) is 13.8 Å². The van der Waals surface area contributed by atoms with E-state index in [1.807, 2.05) is 19.9 Å². The van der Waals surface area contributed by atoms with E-state index in [0.717, 1.165) is 12.2 Å². The Hall–Kier alpha value is -1.40. The van der Waals surface area contributed by atoms with Crippen LogP contribution in [0.1, 0.15) is 12.6 Å². The average molecular weight is 240 g/mol. The van der Waals surface area contributed by atoms with Gasteiger partial charge in [0.1, 0.15) is 5.82 Å². The third kappa shape index (κ3) is 4.97. The molecule has 0 radical (unpaired) electrons. The van der Waals surface area contributed by atoms with Crippen molar-refractivity contribution in [2.75, 3.05) is 37.4 Å². The third-order valence-electron chi connectivity index (χ3n) is 2.07. The topological polar surface area (TPSA) is 79.3 Å². The largest absolute Gasteiger partial charge is 0.389 e. The highest BCUT2D eigenvalue weighted by Gasteiger charge is 2.05. The number of rotatable bonds is 7. The quantitative estimate of drug-likeness (QED) is 0.649. The second-order valence-electron chi connectivity index (χ2n) is 3.74. The van der Waals surface area contributed by atoms with Crippen LogP contribution in [0.5, 0.6) is 0 Å². The molecule has 0 amide bonds. The number of methoxy groups -OCH3 is 1. The molecule has 1 unspecified atom stereocenters. The minimum atomic E-state index is -0.544. The fourth-order valence-electron chi connectivity index (χ4n) is 1.37. The highest BCUT2D eigenvalue weighted by molar-refractivity contribution is 5.42. The van der Waals surface area contributed by atoms with Crippen LogP contribution in [0, 0.1) is 6.92 Å². The Labute approximate surface area is 101 Å². The van der Waals surface area contributed by atoms with E-state index in [4.69, 9.17) is 4.74 Å². The van der Waals surface area contributed by atoms with Gasteiger partial charge in [0.05, 0.1) is 12.7 Å². The van der Waals surface area contributed by atoms with Gasteiger partial charge in [0, 0.05) is 32.0 Å². The predicted molar refractivity (Wildman–Crippen MR) is 67.3 cm³/mol. The predicted octanol–water partition coefficient (Wildman–Crippen LogP) is 0.636. The van der Waals surface area contributed by atoms with Gasteiger partial charge in [-0.1, -0.05) is 0 Å². The minimum absolute atomic E-state index is 0.303. The van der Waals surface area contributed by atoms with Crippen LogP contribution in [-0.2, 0) is 4.74 Å². The van der Waals surface area contributed by atoms with Crippen molar-refractivity contribution in [3.05, 3.63) is 11.8 Å². The van der Waals surface area contributed by atoms with Crippen molar-refractivity contribution < 1.29 is 9.84 Å². The van der Waals surface area contributed by atoms with Crippen molar-refractivity contribution in [2.45, 2.75) is 20.0 Å². The van der Waals surface area contributed by atoms with Gasteiger partial charge in [-0.2, -0.15) is 4.98 Å². The van der Waals surface area contributed by atoms with E-state index in [9.17, 15) is 5.11 Å². The zero-order chi connectivity index (χ0) is 12.7. The van der Waals surface area contributed by atoms with Crippen molar-refractivity contribution in [1.82, 2.24) is 9.97 Å². The Morgan fingerprint density at radius 1 is 1.41 bits per heavy atom. The Kier molecular flexibility index (Phi) is 5.65. The van der Waals surface area contributed by atoms with Crippen molar-refractivity contribution in [3.63, 3.8) is 0 Å². The molecular formula is C11H20N4O2. The van der Waals surface area contributed by atoms with Gasteiger partial charge < -0.3 is 20.5 Å². The van der Waals surface area contributed by atoms with Crippen LogP contribution < -0.4 is 10.6 Å². The molecule has 0 spiro atoms. The van der Waals surface area contributed by atoms with E-state index in [-0.39, 0.29) is 0 Å². The van der Waals surface area contributed by atoms with E-state index in [2.05, 4.69) is 20.6 Å². The molecule has 1 aromatic rings. The van der Waals surface area contributed by atoms with Gasteiger partial charge >= 0.3 is 0 Å². The lowest BCUT2D eigenvalue weighted by atomic mass is 10.3. The average Bonchev–Trinajstić information content (AvgIpc) is 2.26. The molecule has 1 atom stereocenters. The summed E-state index contributed by atoms with van der Waals surface area (Å²) in [6.45, 7) is 5.36. The molecule has 0 fully saturated rings. The number of nitrogens with one attached hydrogen (secondary N) is 2. The number of anilines is 2. The zero-order valence-electron chi connectivity index (χ0n) is 10.5. The summed E-state index contributed by atoms with van der Waals surface area (Å²) in [5.41, 5.74) is 0.875. The van der Waals surface area contributed by atoms with Crippen molar-refractivity contribution in [1.29, 1.82) is 0 Å². The third-order valence-corrected chi connectivity index (χ3v) is 2.07. The summed E-state index contributed by atoms with van der Waals surface area (Å²) in [5.74, 6) is 1.29. The lowest BCUT2D eigenvalue weighted by Crippen LogP contribution is -2.24.